The number of aliphatic hydroxyl groups is 1. The van der Waals surface area contributed by atoms with E-state index < -0.39 is 35.1 Å². The van der Waals surface area contributed by atoms with Crippen LogP contribution < -0.4 is 10.1 Å². The van der Waals surface area contributed by atoms with Crippen LogP contribution in [0.3, 0.4) is 0 Å². The van der Waals surface area contributed by atoms with Crippen molar-refractivity contribution in [1.82, 2.24) is 5.32 Å². The summed E-state index contributed by atoms with van der Waals surface area (Å²) in [6, 6.07) is 3.89. The number of aliphatic hydroxyl groups excluding tert-OH is 1. The molecule has 1 atom stereocenters. The number of nitro groups is 1. The SMILES string of the molecule is CCOc1cccc([N+](=O)[O-])c1C(=O)NCC(O)C(=O)O. The van der Waals surface area contributed by atoms with E-state index in [1.54, 1.807) is 6.92 Å². The van der Waals surface area contributed by atoms with Crippen molar-refractivity contribution in [2.45, 2.75) is 13.0 Å². The normalized spacial score (nSPS) is 11.5. The number of rotatable bonds is 7. The molecule has 0 aromatic heterocycles. The molecule has 1 unspecified atom stereocenters. The predicted molar refractivity (Wildman–Crippen MR) is 70.2 cm³/mol. The monoisotopic (exact) mass is 298 g/mol. The zero-order valence-electron chi connectivity index (χ0n) is 11.1. The van der Waals surface area contributed by atoms with Crippen molar-refractivity contribution in [3.05, 3.63) is 33.9 Å². The van der Waals surface area contributed by atoms with Crippen LogP contribution in [-0.2, 0) is 4.79 Å². The lowest BCUT2D eigenvalue weighted by Crippen LogP contribution is -2.36. The van der Waals surface area contributed by atoms with Crippen LogP contribution in [0.25, 0.3) is 0 Å². The van der Waals surface area contributed by atoms with Gasteiger partial charge in [-0.1, -0.05) is 6.07 Å². The summed E-state index contributed by atoms with van der Waals surface area (Å²) < 4.78 is 5.16. The average molecular weight is 298 g/mol. The van der Waals surface area contributed by atoms with Gasteiger partial charge in [0.25, 0.3) is 11.6 Å². The van der Waals surface area contributed by atoms with Gasteiger partial charge in [-0.05, 0) is 13.0 Å². The Morgan fingerprint density at radius 3 is 2.67 bits per heavy atom. The van der Waals surface area contributed by atoms with Crippen molar-refractivity contribution in [2.24, 2.45) is 0 Å². The molecule has 21 heavy (non-hydrogen) atoms. The molecule has 114 valence electrons. The number of carbonyl (C=O) groups excluding carboxylic acids is 1. The number of ether oxygens (including phenoxy) is 1. The summed E-state index contributed by atoms with van der Waals surface area (Å²) in [6.45, 7) is 1.26. The highest BCUT2D eigenvalue weighted by molar-refractivity contribution is 6.01. The van der Waals surface area contributed by atoms with Gasteiger partial charge in [0.1, 0.15) is 5.75 Å². The summed E-state index contributed by atoms with van der Waals surface area (Å²) in [4.78, 5) is 32.7. The summed E-state index contributed by atoms with van der Waals surface area (Å²) in [5.74, 6) is -2.40. The van der Waals surface area contributed by atoms with Crippen molar-refractivity contribution in [1.29, 1.82) is 0 Å². The first-order valence-corrected chi connectivity index (χ1v) is 5.97. The Kier molecular flexibility index (Phi) is 5.61. The number of carboxylic acid groups (broad SMARTS) is 1. The third kappa shape index (κ3) is 4.14. The largest absolute Gasteiger partial charge is 0.493 e. The zero-order valence-corrected chi connectivity index (χ0v) is 11.1. The van der Waals surface area contributed by atoms with Crippen LogP contribution in [0, 0.1) is 10.1 Å². The third-order valence-corrected chi connectivity index (χ3v) is 2.47. The van der Waals surface area contributed by atoms with Crippen LogP contribution in [0.1, 0.15) is 17.3 Å². The topological polar surface area (TPSA) is 139 Å². The quantitative estimate of drug-likeness (QED) is 0.481. The van der Waals surface area contributed by atoms with Gasteiger partial charge in [0.15, 0.2) is 11.7 Å². The number of benzene rings is 1. The molecule has 1 amide bonds. The Labute approximate surface area is 119 Å². The minimum absolute atomic E-state index is 0.00835. The van der Waals surface area contributed by atoms with E-state index in [0.717, 1.165) is 6.07 Å². The fourth-order valence-corrected chi connectivity index (χ4v) is 1.54. The van der Waals surface area contributed by atoms with Gasteiger partial charge in [0, 0.05) is 6.07 Å². The Morgan fingerprint density at radius 2 is 2.14 bits per heavy atom. The molecule has 0 aliphatic heterocycles. The summed E-state index contributed by atoms with van der Waals surface area (Å²) >= 11 is 0. The highest BCUT2D eigenvalue weighted by Gasteiger charge is 2.26. The molecule has 0 radical (unpaired) electrons. The van der Waals surface area contributed by atoms with Crippen LogP contribution in [0.15, 0.2) is 18.2 Å². The fraction of sp³-hybridized carbons (Fsp3) is 0.333. The van der Waals surface area contributed by atoms with Crippen LogP contribution in [0.5, 0.6) is 5.75 Å². The molecule has 3 N–H and O–H groups in total. The van der Waals surface area contributed by atoms with Crippen LogP contribution >= 0.6 is 0 Å². The number of amides is 1. The summed E-state index contributed by atoms with van der Waals surface area (Å²) in [6.07, 6.45) is -1.80. The van der Waals surface area contributed by atoms with E-state index in [1.165, 1.54) is 12.1 Å². The first-order valence-electron chi connectivity index (χ1n) is 5.97. The maximum Gasteiger partial charge on any atom is 0.334 e. The molecule has 0 aliphatic rings. The minimum Gasteiger partial charge on any atom is -0.493 e. The van der Waals surface area contributed by atoms with Crippen LogP contribution in [0.2, 0.25) is 0 Å². The highest BCUT2D eigenvalue weighted by atomic mass is 16.6. The summed E-state index contributed by atoms with van der Waals surface area (Å²) in [7, 11) is 0. The van der Waals surface area contributed by atoms with E-state index in [1.807, 2.05) is 0 Å². The highest BCUT2D eigenvalue weighted by Crippen LogP contribution is 2.28. The zero-order chi connectivity index (χ0) is 16.0. The van der Waals surface area contributed by atoms with E-state index in [-0.39, 0.29) is 17.9 Å². The lowest BCUT2D eigenvalue weighted by atomic mass is 10.1. The van der Waals surface area contributed by atoms with E-state index >= 15 is 0 Å². The first kappa shape index (κ1) is 16.4. The molecule has 1 aromatic carbocycles. The van der Waals surface area contributed by atoms with E-state index in [0.29, 0.717) is 0 Å². The van der Waals surface area contributed by atoms with Gasteiger partial charge >= 0.3 is 5.97 Å². The van der Waals surface area contributed by atoms with Crippen LogP contribution in [-0.4, -0.2) is 46.3 Å². The number of aliphatic carboxylic acids is 1. The average Bonchev–Trinajstić information content (AvgIpc) is 2.44. The van der Waals surface area contributed by atoms with Gasteiger partial charge in [-0.3, -0.25) is 14.9 Å². The first-order chi connectivity index (χ1) is 9.88. The number of nitrogens with zero attached hydrogens (tertiary/aromatic N) is 1. The third-order valence-electron chi connectivity index (χ3n) is 2.47. The Hall–Kier alpha value is -2.68. The second kappa shape index (κ2) is 7.20. The molecule has 9 heteroatoms. The molecule has 0 bridgehead atoms. The standard InChI is InChI=1S/C12H14N2O7/c1-2-21-9-5-3-4-7(14(19)20)10(9)11(16)13-6-8(15)12(17)18/h3-5,8,15H,2,6H2,1H3,(H,13,16)(H,17,18). The second-order valence-corrected chi connectivity index (χ2v) is 3.90. The smallest absolute Gasteiger partial charge is 0.334 e. The second-order valence-electron chi connectivity index (χ2n) is 3.90. The predicted octanol–water partition coefficient (Wildman–Crippen LogP) is 0.169. The molecule has 0 fully saturated rings. The van der Waals surface area contributed by atoms with Gasteiger partial charge in [0.05, 0.1) is 18.1 Å². The molecule has 0 spiro atoms. The summed E-state index contributed by atoms with van der Waals surface area (Å²) in [5, 5.41) is 30.7. The van der Waals surface area contributed by atoms with Gasteiger partial charge < -0.3 is 20.3 Å². The molecular weight excluding hydrogens is 284 g/mol. The van der Waals surface area contributed by atoms with Crippen LogP contribution in [0.4, 0.5) is 5.69 Å². The Bertz CT molecular complexity index is 559. The molecule has 9 nitrogen and oxygen atoms in total. The van der Waals surface area contributed by atoms with E-state index in [4.69, 9.17) is 14.9 Å². The maximum absolute atomic E-state index is 12.0. The number of nitro benzene ring substituents is 1. The van der Waals surface area contributed by atoms with Crippen molar-refractivity contribution < 1.29 is 29.5 Å². The van der Waals surface area contributed by atoms with Gasteiger partial charge in [-0.15, -0.1) is 0 Å². The number of hydrogen-bond acceptors (Lipinski definition) is 6. The molecule has 1 rings (SSSR count). The van der Waals surface area contributed by atoms with Gasteiger partial charge in [-0.25, -0.2) is 4.79 Å². The number of carbonyl (C=O) groups is 2. The van der Waals surface area contributed by atoms with Gasteiger partial charge in [-0.2, -0.15) is 0 Å². The molecule has 0 heterocycles. The number of carboxylic acids is 1. The van der Waals surface area contributed by atoms with Crippen molar-refractivity contribution in [3.8, 4) is 5.75 Å². The number of hydrogen-bond donors (Lipinski definition) is 3. The Balaban J connectivity index is 3.05. The molecule has 0 saturated heterocycles. The lowest BCUT2D eigenvalue weighted by molar-refractivity contribution is -0.385. The summed E-state index contributed by atoms with van der Waals surface area (Å²) in [5.41, 5.74) is -0.787. The number of nitrogens with one attached hydrogen (secondary N) is 1. The van der Waals surface area contributed by atoms with E-state index in [2.05, 4.69) is 5.32 Å². The molecule has 1 aromatic rings. The Morgan fingerprint density at radius 1 is 1.48 bits per heavy atom. The van der Waals surface area contributed by atoms with Gasteiger partial charge in [0.2, 0.25) is 0 Å². The maximum atomic E-state index is 12.0. The van der Waals surface area contributed by atoms with Crippen molar-refractivity contribution in [2.75, 3.05) is 13.2 Å². The van der Waals surface area contributed by atoms with Crippen molar-refractivity contribution in [3.63, 3.8) is 0 Å². The molecular formula is C12H14N2O7. The minimum atomic E-state index is -1.80. The molecule has 0 aliphatic carbocycles. The lowest BCUT2D eigenvalue weighted by Gasteiger charge is -2.11. The van der Waals surface area contributed by atoms with Crippen molar-refractivity contribution >= 4 is 17.6 Å². The van der Waals surface area contributed by atoms with E-state index in [9.17, 15) is 19.7 Å². The fourth-order valence-electron chi connectivity index (χ4n) is 1.54. The molecule has 0 saturated carbocycles.